The Kier molecular flexibility index (Phi) is 5.91. The molecular formula is C16H19ClN2O2. The maximum atomic E-state index is 11.8. The van der Waals surface area contributed by atoms with Crippen molar-refractivity contribution < 1.29 is 9.53 Å². The van der Waals surface area contributed by atoms with E-state index in [0.29, 0.717) is 17.3 Å². The number of benzene rings is 1. The van der Waals surface area contributed by atoms with Gasteiger partial charge in [0.1, 0.15) is 5.75 Å². The molecule has 0 saturated carbocycles. The van der Waals surface area contributed by atoms with Crippen LogP contribution in [0.3, 0.4) is 0 Å². The van der Waals surface area contributed by atoms with Crippen LogP contribution in [0.15, 0.2) is 24.3 Å². The maximum absolute atomic E-state index is 11.8. The zero-order chi connectivity index (χ0) is 15.1. The number of hydrogen-bond acceptors (Lipinski definition) is 3. The van der Waals surface area contributed by atoms with E-state index in [2.05, 4.69) is 16.7 Å². The molecule has 0 bridgehead atoms. The predicted octanol–water partition coefficient (Wildman–Crippen LogP) is 2.87. The van der Waals surface area contributed by atoms with Gasteiger partial charge >= 0.3 is 6.09 Å². The Morgan fingerprint density at radius 1 is 1.29 bits per heavy atom. The summed E-state index contributed by atoms with van der Waals surface area (Å²) in [5.41, 5.74) is 0. The summed E-state index contributed by atoms with van der Waals surface area (Å²) in [6.07, 6.45) is 2.09. The van der Waals surface area contributed by atoms with Crippen LogP contribution in [-0.2, 0) is 0 Å². The largest absolute Gasteiger partial charge is 0.415 e. The van der Waals surface area contributed by atoms with Crippen molar-refractivity contribution in [1.82, 2.24) is 9.80 Å². The first kappa shape index (κ1) is 15.7. The van der Waals surface area contributed by atoms with Gasteiger partial charge in [-0.05, 0) is 50.2 Å². The van der Waals surface area contributed by atoms with Crippen LogP contribution < -0.4 is 4.74 Å². The minimum atomic E-state index is -0.423. The Bertz CT molecular complexity index is 527. The van der Waals surface area contributed by atoms with Crippen molar-refractivity contribution in [1.29, 1.82) is 0 Å². The number of amides is 1. The quantitative estimate of drug-likeness (QED) is 0.805. The molecule has 1 aliphatic heterocycles. The summed E-state index contributed by atoms with van der Waals surface area (Å²) in [6.45, 7) is 3.40. The first-order chi connectivity index (χ1) is 10.1. The molecule has 1 heterocycles. The second kappa shape index (κ2) is 7.92. The lowest BCUT2D eigenvalue weighted by Crippen LogP contribution is -2.30. The molecule has 0 radical (unpaired) electrons. The molecule has 5 heteroatoms. The molecule has 21 heavy (non-hydrogen) atoms. The lowest BCUT2D eigenvalue weighted by molar-refractivity contribution is 0.168. The van der Waals surface area contributed by atoms with Crippen molar-refractivity contribution in [3.63, 3.8) is 0 Å². The summed E-state index contributed by atoms with van der Waals surface area (Å²) in [5.74, 6) is 6.57. The van der Waals surface area contributed by atoms with Crippen LogP contribution in [0.4, 0.5) is 4.79 Å². The summed E-state index contributed by atoms with van der Waals surface area (Å²) in [6, 6.07) is 6.68. The molecule has 2 rings (SSSR count). The van der Waals surface area contributed by atoms with E-state index in [1.165, 1.54) is 17.7 Å². The van der Waals surface area contributed by atoms with E-state index in [-0.39, 0.29) is 0 Å². The fourth-order valence-electron chi connectivity index (χ4n) is 2.03. The average Bonchev–Trinajstić information content (AvgIpc) is 2.99. The first-order valence-electron chi connectivity index (χ1n) is 7.02. The fourth-order valence-corrected chi connectivity index (χ4v) is 2.15. The normalized spacial score (nSPS) is 14.4. The van der Waals surface area contributed by atoms with Crippen LogP contribution in [0.2, 0.25) is 5.02 Å². The van der Waals surface area contributed by atoms with E-state index in [1.807, 2.05) is 0 Å². The zero-order valence-electron chi connectivity index (χ0n) is 12.1. The minimum Gasteiger partial charge on any atom is -0.410 e. The van der Waals surface area contributed by atoms with Crippen LogP contribution in [0.5, 0.6) is 5.75 Å². The average molecular weight is 307 g/mol. The number of halogens is 1. The summed E-state index contributed by atoms with van der Waals surface area (Å²) >= 11 is 5.78. The molecule has 1 aromatic carbocycles. The Hall–Kier alpha value is -1.70. The Balaban J connectivity index is 1.74. The molecule has 4 nitrogen and oxygen atoms in total. The molecule has 0 aliphatic carbocycles. The highest BCUT2D eigenvalue weighted by atomic mass is 35.5. The predicted molar refractivity (Wildman–Crippen MR) is 83.6 cm³/mol. The number of ether oxygens (including phenoxy) is 1. The highest BCUT2D eigenvalue weighted by molar-refractivity contribution is 6.30. The molecule has 0 N–H and O–H groups in total. The van der Waals surface area contributed by atoms with Crippen LogP contribution in [0, 0.1) is 11.8 Å². The lowest BCUT2D eigenvalue weighted by atomic mass is 10.3. The molecule has 1 fully saturated rings. The van der Waals surface area contributed by atoms with Crippen molar-refractivity contribution >= 4 is 17.7 Å². The third-order valence-corrected chi connectivity index (χ3v) is 3.53. The van der Waals surface area contributed by atoms with Gasteiger partial charge in [0.25, 0.3) is 0 Å². The van der Waals surface area contributed by atoms with Crippen molar-refractivity contribution in [2.75, 3.05) is 33.2 Å². The van der Waals surface area contributed by atoms with Crippen molar-refractivity contribution in [2.24, 2.45) is 0 Å². The van der Waals surface area contributed by atoms with Gasteiger partial charge in [-0.3, -0.25) is 9.80 Å². The standard InChI is InChI=1S/C16H19ClN2O2/c1-18(10-2-3-11-19-12-4-5-13-19)16(20)21-15-8-6-14(17)7-9-15/h6-9H,4-5,10-13H2,1H3. The van der Waals surface area contributed by atoms with Crippen LogP contribution in [-0.4, -0.2) is 49.1 Å². The molecular weight excluding hydrogens is 288 g/mol. The fraction of sp³-hybridized carbons (Fsp3) is 0.438. The molecule has 1 amide bonds. The molecule has 0 unspecified atom stereocenters. The molecule has 0 spiro atoms. The topological polar surface area (TPSA) is 32.8 Å². The number of hydrogen-bond donors (Lipinski definition) is 0. The monoisotopic (exact) mass is 306 g/mol. The number of nitrogens with zero attached hydrogens (tertiary/aromatic N) is 2. The third kappa shape index (κ3) is 5.30. The van der Waals surface area contributed by atoms with Crippen molar-refractivity contribution in [3.8, 4) is 17.6 Å². The van der Waals surface area contributed by atoms with Gasteiger partial charge < -0.3 is 4.74 Å². The van der Waals surface area contributed by atoms with Gasteiger partial charge in [0, 0.05) is 12.1 Å². The van der Waals surface area contributed by atoms with Crippen LogP contribution >= 0.6 is 11.6 Å². The molecule has 1 aromatic rings. The van der Waals surface area contributed by atoms with E-state index in [0.717, 1.165) is 19.6 Å². The van der Waals surface area contributed by atoms with Gasteiger partial charge in [-0.25, -0.2) is 4.79 Å². The van der Waals surface area contributed by atoms with Gasteiger partial charge in [-0.1, -0.05) is 23.4 Å². The first-order valence-corrected chi connectivity index (χ1v) is 7.39. The Morgan fingerprint density at radius 3 is 2.62 bits per heavy atom. The van der Waals surface area contributed by atoms with Crippen LogP contribution in [0.25, 0.3) is 0 Å². The minimum absolute atomic E-state index is 0.361. The highest BCUT2D eigenvalue weighted by Crippen LogP contribution is 2.16. The number of carbonyl (C=O) groups is 1. The Morgan fingerprint density at radius 2 is 1.95 bits per heavy atom. The number of rotatable bonds is 3. The van der Waals surface area contributed by atoms with Gasteiger partial charge in [-0.15, -0.1) is 0 Å². The van der Waals surface area contributed by atoms with E-state index in [4.69, 9.17) is 16.3 Å². The molecule has 0 aromatic heterocycles. The highest BCUT2D eigenvalue weighted by Gasteiger charge is 2.10. The van der Waals surface area contributed by atoms with Crippen LogP contribution in [0.1, 0.15) is 12.8 Å². The number of likely N-dealkylation sites (tertiary alicyclic amines) is 1. The van der Waals surface area contributed by atoms with Gasteiger partial charge in [-0.2, -0.15) is 0 Å². The molecule has 1 saturated heterocycles. The van der Waals surface area contributed by atoms with E-state index >= 15 is 0 Å². The van der Waals surface area contributed by atoms with Crippen molar-refractivity contribution in [3.05, 3.63) is 29.3 Å². The van der Waals surface area contributed by atoms with Gasteiger partial charge in [0.05, 0.1) is 13.1 Å². The summed E-state index contributed by atoms with van der Waals surface area (Å²) < 4.78 is 5.21. The molecule has 112 valence electrons. The second-order valence-corrected chi connectivity index (χ2v) is 5.45. The third-order valence-electron chi connectivity index (χ3n) is 3.27. The van der Waals surface area contributed by atoms with Crippen molar-refractivity contribution in [2.45, 2.75) is 12.8 Å². The van der Waals surface area contributed by atoms with E-state index in [9.17, 15) is 4.79 Å². The lowest BCUT2D eigenvalue weighted by Gasteiger charge is -2.14. The van der Waals surface area contributed by atoms with Gasteiger partial charge in [0.15, 0.2) is 0 Å². The summed E-state index contributed by atoms with van der Waals surface area (Å²) in [4.78, 5) is 15.6. The van der Waals surface area contributed by atoms with E-state index < -0.39 is 6.09 Å². The Labute approximate surface area is 130 Å². The second-order valence-electron chi connectivity index (χ2n) is 5.01. The number of carbonyl (C=O) groups excluding carboxylic acids is 1. The SMILES string of the molecule is CN(CC#CCN1CCCC1)C(=O)Oc1ccc(Cl)cc1. The summed E-state index contributed by atoms with van der Waals surface area (Å²) in [7, 11) is 1.67. The molecule has 0 atom stereocenters. The maximum Gasteiger partial charge on any atom is 0.415 e. The van der Waals surface area contributed by atoms with Gasteiger partial charge in [0.2, 0.25) is 0 Å². The van der Waals surface area contributed by atoms with E-state index in [1.54, 1.807) is 31.3 Å². The molecule has 1 aliphatic rings. The summed E-state index contributed by atoms with van der Waals surface area (Å²) in [5, 5.41) is 0.607. The smallest absolute Gasteiger partial charge is 0.410 e. The zero-order valence-corrected chi connectivity index (χ0v) is 12.9.